The van der Waals surface area contributed by atoms with Crippen molar-refractivity contribution in [1.29, 1.82) is 0 Å². The summed E-state index contributed by atoms with van der Waals surface area (Å²) in [7, 11) is 1.52. The topological polar surface area (TPSA) is 81.4 Å². The van der Waals surface area contributed by atoms with Crippen LogP contribution in [0.15, 0.2) is 28.8 Å². The lowest BCUT2D eigenvalue weighted by Crippen LogP contribution is -2.15. The SMILES string of the molecule is COc1ccc(C(C)=O)cc1CC(=O)Nc1cc(C)on1. The van der Waals surface area contributed by atoms with Crippen LogP contribution in [0.25, 0.3) is 0 Å². The Labute approximate surface area is 122 Å². The van der Waals surface area contributed by atoms with Crippen molar-refractivity contribution in [3.8, 4) is 5.75 Å². The van der Waals surface area contributed by atoms with Gasteiger partial charge in [-0.15, -0.1) is 0 Å². The molecule has 6 nitrogen and oxygen atoms in total. The molecule has 1 aromatic heterocycles. The zero-order valence-electron chi connectivity index (χ0n) is 12.1. The molecule has 2 rings (SSSR count). The summed E-state index contributed by atoms with van der Waals surface area (Å²) in [4.78, 5) is 23.4. The van der Waals surface area contributed by atoms with Crippen LogP contribution in [0, 0.1) is 6.92 Å². The quantitative estimate of drug-likeness (QED) is 0.854. The van der Waals surface area contributed by atoms with E-state index in [1.165, 1.54) is 14.0 Å². The minimum atomic E-state index is -0.262. The van der Waals surface area contributed by atoms with E-state index in [2.05, 4.69) is 10.5 Å². The molecule has 0 aliphatic rings. The summed E-state index contributed by atoms with van der Waals surface area (Å²) >= 11 is 0. The molecule has 1 aromatic carbocycles. The number of ketones is 1. The van der Waals surface area contributed by atoms with Gasteiger partial charge in [0, 0.05) is 17.2 Å². The average molecular weight is 288 g/mol. The van der Waals surface area contributed by atoms with E-state index in [0.717, 1.165) is 0 Å². The number of anilines is 1. The van der Waals surface area contributed by atoms with E-state index in [9.17, 15) is 9.59 Å². The first-order chi connectivity index (χ1) is 9.99. The summed E-state index contributed by atoms with van der Waals surface area (Å²) in [6.45, 7) is 3.21. The van der Waals surface area contributed by atoms with Crippen LogP contribution < -0.4 is 10.1 Å². The van der Waals surface area contributed by atoms with Crippen LogP contribution in [0.2, 0.25) is 0 Å². The molecule has 1 N–H and O–H groups in total. The maximum atomic E-state index is 12.0. The Hall–Kier alpha value is -2.63. The first kappa shape index (κ1) is 14.8. The van der Waals surface area contributed by atoms with Crippen molar-refractivity contribution < 1.29 is 18.8 Å². The smallest absolute Gasteiger partial charge is 0.230 e. The third-order valence-electron chi connectivity index (χ3n) is 2.93. The van der Waals surface area contributed by atoms with Gasteiger partial charge in [-0.1, -0.05) is 5.16 Å². The molecule has 6 heteroatoms. The number of benzene rings is 1. The number of nitrogens with one attached hydrogen (secondary N) is 1. The summed E-state index contributed by atoms with van der Waals surface area (Å²) in [6.07, 6.45) is 0.0796. The number of carbonyl (C=O) groups is 2. The Morgan fingerprint density at radius 1 is 1.33 bits per heavy atom. The number of hydrogen-bond acceptors (Lipinski definition) is 5. The van der Waals surface area contributed by atoms with Crippen LogP contribution in [0.4, 0.5) is 5.82 Å². The van der Waals surface area contributed by atoms with E-state index in [1.54, 1.807) is 31.2 Å². The Bertz CT molecular complexity index is 676. The highest BCUT2D eigenvalue weighted by Crippen LogP contribution is 2.21. The number of nitrogens with zero attached hydrogens (tertiary/aromatic N) is 1. The number of hydrogen-bond donors (Lipinski definition) is 1. The van der Waals surface area contributed by atoms with Gasteiger partial charge in [0.05, 0.1) is 13.5 Å². The van der Waals surface area contributed by atoms with Gasteiger partial charge < -0.3 is 14.6 Å². The minimum absolute atomic E-state index is 0.0635. The van der Waals surface area contributed by atoms with Crippen LogP contribution in [0.5, 0.6) is 5.75 Å². The molecule has 0 unspecified atom stereocenters. The van der Waals surface area contributed by atoms with Crippen LogP contribution >= 0.6 is 0 Å². The third-order valence-corrected chi connectivity index (χ3v) is 2.93. The molecule has 0 spiro atoms. The number of carbonyl (C=O) groups excluding carboxylic acids is 2. The molecule has 0 aliphatic carbocycles. The van der Waals surface area contributed by atoms with E-state index >= 15 is 0 Å². The summed E-state index contributed by atoms with van der Waals surface area (Å²) < 4.78 is 10.1. The molecule has 21 heavy (non-hydrogen) atoms. The van der Waals surface area contributed by atoms with Crippen LogP contribution in [0.1, 0.15) is 28.6 Å². The number of Topliss-reactive ketones (excluding diaryl/α,β-unsaturated/α-hetero) is 1. The molecule has 110 valence electrons. The Balaban J connectivity index is 2.15. The fourth-order valence-electron chi connectivity index (χ4n) is 1.92. The van der Waals surface area contributed by atoms with Crippen molar-refractivity contribution in [2.75, 3.05) is 12.4 Å². The molecule has 0 bridgehead atoms. The number of rotatable bonds is 5. The lowest BCUT2D eigenvalue weighted by Gasteiger charge is -2.09. The zero-order chi connectivity index (χ0) is 15.4. The molecule has 0 fully saturated rings. The Morgan fingerprint density at radius 3 is 2.67 bits per heavy atom. The molecule has 1 heterocycles. The minimum Gasteiger partial charge on any atom is -0.496 e. The van der Waals surface area contributed by atoms with Gasteiger partial charge in [0.2, 0.25) is 5.91 Å². The standard InChI is InChI=1S/C15H16N2O4/c1-9-6-14(17-21-9)16-15(19)8-12-7-11(10(2)18)4-5-13(12)20-3/h4-7H,8H2,1-3H3,(H,16,17,19). The number of aryl methyl sites for hydroxylation is 1. The van der Waals surface area contributed by atoms with Gasteiger partial charge in [0.1, 0.15) is 11.5 Å². The van der Waals surface area contributed by atoms with E-state index in [-0.39, 0.29) is 18.1 Å². The van der Waals surface area contributed by atoms with E-state index in [4.69, 9.17) is 9.26 Å². The van der Waals surface area contributed by atoms with E-state index in [0.29, 0.717) is 28.5 Å². The molecule has 2 aromatic rings. The Morgan fingerprint density at radius 2 is 2.10 bits per heavy atom. The lowest BCUT2D eigenvalue weighted by atomic mass is 10.0. The predicted molar refractivity (Wildman–Crippen MR) is 76.6 cm³/mol. The van der Waals surface area contributed by atoms with Crippen molar-refractivity contribution in [2.24, 2.45) is 0 Å². The summed E-state index contributed by atoms with van der Waals surface area (Å²) in [6, 6.07) is 6.64. The van der Waals surface area contributed by atoms with Gasteiger partial charge >= 0.3 is 0 Å². The third kappa shape index (κ3) is 3.68. The molecule has 0 radical (unpaired) electrons. The normalized spacial score (nSPS) is 10.2. The van der Waals surface area contributed by atoms with Gasteiger partial charge in [-0.05, 0) is 32.0 Å². The highest BCUT2D eigenvalue weighted by Gasteiger charge is 2.13. The van der Waals surface area contributed by atoms with Crippen molar-refractivity contribution >= 4 is 17.5 Å². The highest BCUT2D eigenvalue weighted by atomic mass is 16.5. The average Bonchev–Trinajstić information content (AvgIpc) is 2.83. The van der Waals surface area contributed by atoms with Gasteiger partial charge in [0.25, 0.3) is 0 Å². The van der Waals surface area contributed by atoms with Gasteiger partial charge in [-0.2, -0.15) is 0 Å². The second-order valence-corrected chi connectivity index (χ2v) is 4.63. The van der Waals surface area contributed by atoms with Crippen molar-refractivity contribution in [1.82, 2.24) is 5.16 Å². The summed E-state index contributed by atoms with van der Waals surface area (Å²) in [5, 5.41) is 6.32. The highest BCUT2D eigenvalue weighted by molar-refractivity contribution is 5.95. The number of ether oxygens (including phenoxy) is 1. The Kier molecular flexibility index (Phi) is 4.37. The predicted octanol–water partition coefficient (Wildman–Crippen LogP) is 2.38. The molecule has 0 saturated heterocycles. The molecule has 0 aliphatic heterocycles. The van der Waals surface area contributed by atoms with E-state index < -0.39 is 0 Å². The first-order valence-corrected chi connectivity index (χ1v) is 6.40. The van der Waals surface area contributed by atoms with E-state index in [1.807, 2.05) is 0 Å². The number of aromatic nitrogens is 1. The maximum absolute atomic E-state index is 12.0. The van der Waals surface area contributed by atoms with Crippen molar-refractivity contribution in [3.05, 3.63) is 41.2 Å². The second kappa shape index (κ2) is 6.21. The molecule has 0 atom stereocenters. The largest absolute Gasteiger partial charge is 0.496 e. The fraction of sp³-hybridized carbons (Fsp3) is 0.267. The zero-order valence-corrected chi connectivity index (χ0v) is 12.1. The molecular formula is C15H16N2O4. The molecular weight excluding hydrogens is 272 g/mol. The fourth-order valence-corrected chi connectivity index (χ4v) is 1.92. The second-order valence-electron chi connectivity index (χ2n) is 4.63. The lowest BCUT2D eigenvalue weighted by molar-refractivity contribution is -0.115. The molecule has 1 amide bonds. The maximum Gasteiger partial charge on any atom is 0.230 e. The van der Waals surface area contributed by atoms with Crippen LogP contribution in [0.3, 0.4) is 0 Å². The van der Waals surface area contributed by atoms with Gasteiger partial charge in [0.15, 0.2) is 11.6 Å². The number of amides is 1. The van der Waals surface area contributed by atoms with Gasteiger partial charge in [-0.3, -0.25) is 9.59 Å². The number of methoxy groups -OCH3 is 1. The monoisotopic (exact) mass is 288 g/mol. The van der Waals surface area contributed by atoms with Crippen molar-refractivity contribution in [2.45, 2.75) is 20.3 Å². The molecule has 0 saturated carbocycles. The summed E-state index contributed by atoms with van der Waals surface area (Å²) in [5.74, 6) is 1.21. The van der Waals surface area contributed by atoms with Gasteiger partial charge in [-0.25, -0.2) is 0 Å². The first-order valence-electron chi connectivity index (χ1n) is 6.40. The van der Waals surface area contributed by atoms with Crippen LogP contribution in [-0.2, 0) is 11.2 Å². The van der Waals surface area contributed by atoms with Crippen LogP contribution in [-0.4, -0.2) is 24.0 Å². The van der Waals surface area contributed by atoms with Crippen molar-refractivity contribution in [3.63, 3.8) is 0 Å². The summed E-state index contributed by atoms with van der Waals surface area (Å²) in [5.41, 5.74) is 1.18.